The number of fused-ring (bicyclic) bond motifs is 1. The molecule has 0 aliphatic carbocycles. The Balaban J connectivity index is 2.82. The molecule has 0 radical (unpaired) electrons. The number of rotatable bonds is 3. The molecule has 0 aliphatic heterocycles. The SMILES string of the molecule is COc1cc2ccc(Br)c(C=O)c2cc1OC. The average molecular weight is 295 g/mol. The lowest BCUT2D eigenvalue weighted by Crippen LogP contribution is -1.92. The normalized spacial score (nSPS) is 10.3. The van der Waals surface area contributed by atoms with E-state index in [4.69, 9.17) is 9.47 Å². The maximum atomic E-state index is 11.1. The Morgan fingerprint density at radius 3 is 2.35 bits per heavy atom. The van der Waals surface area contributed by atoms with Crippen molar-refractivity contribution >= 4 is 33.0 Å². The van der Waals surface area contributed by atoms with Crippen LogP contribution >= 0.6 is 15.9 Å². The van der Waals surface area contributed by atoms with E-state index in [1.165, 1.54) is 0 Å². The van der Waals surface area contributed by atoms with E-state index in [-0.39, 0.29) is 0 Å². The Bertz CT molecular complexity index is 578. The fourth-order valence-corrected chi connectivity index (χ4v) is 2.21. The first-order chi connectivity index (χ1) is 8.21. The Hall–Kier alpha value is -1.55. The molecule has 3 nitrogen and oxygen atoms in total. The van der Waals surface area contributed by atoms with Gasteiger partial charge in [0.25, 0.3) is 0 Å². The van der Waals surface area contributed by atoms with Crippen molar-refractivity contribution in [2.24, 2.45) is 0 Å². The van der Waals surface area contributed by atoms with Gasteiger partial charge in [-0.3, -0.25) is 4.79 Å². The summed E-state index contributed by atoms with van der Waals surface area (Å²) in [5, 5.41) is 1.78. The molecule has 17 heavy (non-hydrogen) atoms. The summed E-state index contributed by atoms with van der Waals surface area (Å²) in [7, 11) is 3.16. The fraction of sp³-hybridized carbons (Fsp3) is 0.154. The standard InChI is InChI=1S/C13H11BrO3/c1-16-12-5-8-3-4-11(14)10(7-15)9(8)6-13(12)17-2/h3-7H,1-2H3. The number of hydrogen-bond donors (Lipinski definition) is 0. The maximum absolute atomic E-state index is 11.1. The second-order valence-electron chi connectivity index (χ2n) is 3.51. The van der Waals surface area contributed by atoms with Crippen molar-refractivity contribution in [2.75, 3.05) is 14.2 Å². The van der Waals surface area contributed by atoms with Gasteiger partial charge in [-0.25, -0.2) is 0 Å². The van der Waals surface area contributed by atoms with Crippen molar-refractivity contribution in [2.45, 2.75) is 0 Å². The largest absolute Gasteiger partial charge is 0.493 e. The molecule has 4 heteroatoms. The molecule has 0 saturated heterocycles. The van der Waals surface area contributed by atoms with Crippen LogP contribution in [0, 0.1) is 0 Å². The summed E-state index contributed by atoms with van der Waals surface area (Å²) in [5.41, 5.74) is 0.614. The maximum Gasteiger partial charge on any atom is 0.161 e. The lowest BCUT2D eigenvalue weighted by Gasteiger charge is -2.10. The molecule has 0 bridgehead atoms. The van der Waals surface area contributed by atoms with Crippen molar-refractivity contribution in [1.29, 1.82) is 0 Å². The Morgan fingerprint density at radius 1 is 1.12 bits per heavy atom. The van der Waals surface area contributed by atoms with Crippen LogP contribution < -0.4 is 9.47 Å². The van der Waals surface area contributed by atoms with E-state index < -0.39 is 0 Å². The van der Waals surface area contributed by atoms with Crippen LogP contribution in [0.1, 0.15) is 10.4 Å². The van der Waals surface area contributed by atoms with Crippen LogP contribution in [-0.2, 0) is 0 Å². The highest BCUT2D eigenvalue weighted by atomic mass is 79.9. The third-order valence-electron chi connectivity index (χ3n) is 2.63. The number of benzene rings is 2. The molecular weight excluding hydrogens is 284 g/mol. The Kier molecular flexibility index (Phi) is 3.33. The van der Waals surface area contributed by atoms with E-state index in [0.29, 0.717) is 17.1 Å². The quantitative estimate of drug-likeness (QED) is 0.814. The van der Waals surface area contributed by atoms with Crippen molar-refractivity contribution in [3.05, 3.63) is 34.3 Å². The molecule has 0 saturated carbocycles. The van der Waals surface area contributed by atoms with Crippen LogP contribution in [0.5, 0.6) is 11.5 Å². The topological polar surface area (TPSA) is 35.5 Å². The molecule has 2 rings (SSSR count). The summed E-state index contributed by atoms with van der Waals surface area (Å²) in [6.07, 6.45) is 0.832. The van der Waals surface area contributed by atoms with E-state index >= 15 is 0 Å². The summed E-state index contributed by atoms with van der Waals surface area (Å²) < 4.78 is 11.2. The number of carbonyl (C=O) groups is 1. The summed E-state index contributed by atoms with van der Waals surface area (Å²) in [6.45, 7) is 0. The molecule has 0 N–H and O–H groups in total. The van der Waals surface area contributed by atoms with Gasteiger partial charge in [0.15, 0.2) is 17.8 Å². The molecule has 0 amide bonds. The van der Waals surface area contributed by atoms with Gasteiger partial charge in [0.2, 0.25) is 0 Å². The highest BCUT2D eigenvalue weighted by Crippen LogP contribution is 2.35. The molecular formula is C13H11BrO3. The molecule has 0 fully saturated rings. The minimum atomic E-state index is 0.612. The van der Waals surface area contributed by atoms with Gasteiger partial charge in [0.05, 0.1) is 14.2 Å². The van der Waals surface area contributed by atoms with Crippen LogP contribution in [0.2, 0.25) is 0 Å². The van der Waals surface area contributed by atoms with E-state index in [1.54, 1.807) is 14.2 Å². The number of hydrogen-bond acceptors (Lipinski definition) is 3. The van der Waals surface area contributed by atoms with Crippen molar-refractivity contribution in [3.8, 4) is 11.5 Å². The highest BCUT2D eigenvalue weighted by Gasteiger charge is 2.10. The van der Waals surface area contributed by atoms with Crippen LogP contribution in [0.4, 0.5) is 0 Å². The minimum absolute atomic E-state index is 0.612. The molecule has 0 unspecified atom stereocenters. The first-order valence-corrected chi connectivity index (χ1v) is 5.80. The average Bonchev–Trinajstić information content (AvgIpc) is 2.37. The monoisotopic (exact) mass is 294 g/mol. The summed E-state index contributed by atoms with van der Waals surface area (Å²) in [5.74, 6) is 1.26. The Labute approximate surface area is 107 Å². The molecule has 2 aromatic rings. The van der Waals surface area contributed by atoms with E-state index in [9.17, 15) is 4.79 Å². The number of ether oxygens (including phenoxy) is 2. The molecule has 2 aromatic carbocycles. The smallest absolute Gasteiger partial charge is 0.161 e. The fourth-order valence-electron chi connectivity index (χ4n) is 1.77. The molecule has 0 spiro atoms. The van der Waals surface area contributed by atoms with Crippen LogP contribution in [0.15, 0.2) is 28.7 Å². The number of methoxy groups -OCH3 is 2. The van der Waals surface area contributed by atoms with Gasteiger partial charge in [0.1, 0.15) is 0 Å². The van der Waals surface area contributed by atoms with Gasteiger partial charge in [0, 0.05) is 10.0 Å². The highest BCUT2D eigenvalue weighted by molar-refractivity contribution is 9.10. The summed E-state index contributed by atoms with van der Waals surface area (Å²) in [6, 6.07) is 7.43. The van der Waals surface area contributed by atoms with Gasteiger partial charge < -0.3 is 9.47 Å². The third-order valence-corrected chi connectivity index (χ3v) is 3.32. The molecule has 0 aliphatic rings. The van der Waals surface area contributed by atoms with Crippen molar-refractivity contribution in [3.63, 3.8) is 0 Å². The first-order valence-electron chi connectivity index (χ1n) is 5.00. The second-order valence-corrected chi connectivity index (χ2v) is 4.36. The number of aldehydes is 1. The third kappa shape index (κ3) is 2.00. The van der Waals surface area contributed by atoms with E-state index in [0.717, 1.165) is 21.5 Å². The summed E-state index contributed by atoms with van der Waals surface area (Å²) >= 11 is 3.36. The van der Waals surface area contributed by atoms with E-state index in [1.807, 2.05) is 24.3 Å². The first kappa shape index (κ1) is 11.9. The van der Waals surface area contributed by atoms with E-state index in [2.05, 4.69) is 15.9 Å². The summed E-state index contributed by atoms with van der Waals surface area (Å²) in [4.78, 5) is 11.1. The zero-order valence-electron chi connectivity index (χ0n) is 9.49. The van der Waals surface area contributed by atoms with Gasteiger partial charge in [-0.15, -0.1) is 0 Å². The Morgan fingerprint density at radius 2 is 1.76 bits per heavy atom. The molecule has 0 atom stereocenters. The lowest BCUT2D eigenvalue weighted by molar-refractivity contribution is 0.112. The van der Waals surface area contributed by atoms with Crippen LogP contribution in [0.3, 0.4) is 0 Å². The predicted molar refractivity (Wildman–Crippen MR) is 70.1 cm³/mol. The van der Waals surface area contributed by atoms with Crippen molar-refractivity contribution in [1.82, 2.24) is 0 Å². The molecule has 0 heterocycles. The predicted octanol–water partition coefficient (Wildman–Crippen LogP) is 3.43. The van der Waals surface area contributed by atoms with Gasteiger partial charge >= 0.3 is 0 Å². The zero-order valence-corrected chi connectivity index (χ0v) is 11.1. The number of halogens is 1. The van der Waals surface area contributed by atoms with Gasteiger partial charge in [-0.1, -0.05) is 22.0 Å². The molecule has 0 aromatic heterocycles. The van der Waals surface area contributed by atoms with Crippen LogP contribution in [0.25, 0.3) is 10.8 Å². The second kappa shape index (κ2) is 4.75. The molecule has 88 valence electrons. The lowest BCUT2D eigenvalue weighted by atomic mass is 10.0. The zero-order chi connectivity index (χ0) is 12.4. The minimum Gasteiger partial charge on any atom is -0.493 e. The van der Waals surface area contributed by atoms with Crippen LogP contribution in [-0.4, -0.2) is 20.5 Å². The van der Waals surface area contributed by atoms with Crippen molar-refractivity contribution < 1.29 is 14.3 Å². The van der Waals surface area contributed by atoms with Gasteiger partial charge in [-0.05, 0) is 29.0 Å². The number of carbonyl (C=O) groups excluding carboxylic acids is 1. The van der Waals surface area contributed by atoms with Gasteiger partial charge in [-0.2, -0.15) is 0 Å².